The van der Waals surface area contributed by atoms with Crippen LogP contribution in [0.3, 0.4) is 0 Å². The van der Waals surface area contributed by atoms with Crippen molar-refractivity contribution in [2.45, 2.75) is 59.9 Å². The molecule has 0 amide bonds. The molecule has 0 radical (unpaired) electrons. The van der Waals surface area contributed by atoms with E-state index in [1.807, 2.05) is 0 Å². The number of aliphatic imine (C=N–C) groups is 1. The van der Waals surface area contributed by atoms with Gasteiger partial charge < -0.3 is 10.6 Å². The van der Waals surface area contributed by atoms with Gasteiger partial charge in [0.2, 0.25) is 0 Å². The van der Waals surface area contributed by atoms with Crippen molar-refractivity contribution in [3.63, 3.8) is 0 Å². The van der Waals surface area contributed by atoms with E-state index in [-0.39, 0.29) is 0 Å². The molecule has 0 saturated carbocycles. The topological polar surface area (TPSA) is 39.7 Å². The first-order chi connectivity index (χ1) is 9.19. The molecule has 4 nitrogen and oxygen atoms in total. The number of likely N-dealkylation sites (N-methyl/N-ethyl adjacent to an activating group) is 1. The number of nitrogens with one attached hydrogen (secondary N) is 2. The summed E-state index contributed by atoms with van der Waals surface area (Å²) < 4.78 is 0. The van der Waals surface area contributed by atoms with Gasteiger partial charge in [-0.2, -0.15) is 0 Å². The van der Waals surface area contributed by atoms with Crippen LogP contribution in [0.15, 0.2) is 4.99 Å². The Labute approximate surface area is 120 Å². The molecule has 0 saturated heterocycles. The summed E-state index contributed by atoms with van der Waals surface area (Å²) >= 11 is 0. The third kappa shape index (κ3) is 8.87. The van der Waals surface area contributed by atoms with Crippen LogP contribution in [0.25, 0.3) is 0 Å². The van der Waals surface area contributed by atoms with Gasteiger partial charge in [-0.1, -0.05) is 33.6 Å². The number of unbranched alkanes of at least 4 members (excludes halogenated alkanes) is 2. The van der Waals surface area contributed by atoms with Crippen molar-refractivity contribution in [1.82, 2.24) is 15.5 Å². The van der Waals surface area contributed by atoms with Crippen molar-refractivity contribution in [2.24, 2.45) is 4.99 Å². The summed E-state index contributed by atoms with van der Waals surface area (Å²) in [6.45, 7) is 16.0. The molecule has 0 aromatic heterocycles. The third-order valence-corrected chi connectivity index (χ3v) is 3.37. The molecule has 0 fully saturated rings. The van der Waals surface area contributed by atoms with Crippen LogP contribution >= 0.6 is 0 Å². The van der Waals surface area contributed by atoms with Crippen LogP contribution in [0.2, 0.25) is 0 Å². The maximum absolute atomic E-state index is 4.68. The van der Waals surface area contributed by atoms with Gasteiger partial charge in [0, 0.05) is 19.1 Å². The molecule has 4 heteroatoms. The van der Waals surface area contributed by atoms with Crippen molar-refractivity contribution in [1.29, 1.82) is 0 Å². The Morgan fingerprint density at radius 2 is 1.74 bits per heavy atom. The van der Waals surface area contributed by atoms with Gasteiger partial charge in [-0.25, -0.2) is 0 Å². The van der Waals surface area contributed by atoms with E-state index in [0.29, 0.717) is 6.04 Å². The van der Waals surface area contributed by atoms with Crippen molar-refractivity contribution in [2.75, 3.05) is 32.7 Å². The zero-order valence-electron chi connectivity index (χ0n) is 13.6. The van der Waals surface area contributed by atoms with Gasteiger partial charge in [-0.3, -0.25) is 9.89 Å². The van der Waals surface area contributed by atoms with Gasteiger partial charge in [0.1, 0.15) is 0 Å². The fourth-order valence-corrected chi connectivity index (χ4v) is 2.11. The van der Waals surface area contributed by atoms with E-state index in [4.69, 9.17) is 0 Å². The molecule has 0 spiro atoms. The average Bonchev–Trinajstić information content (AvgIpc) is 2.42. The van der Waals surface area contributed by atoms with Crippen LogP contribution < -0.4 is 10.6 Å². The van der Waals surface area contributed by atoms with Gasteiger partial charge in [-0.05, 0) is 33.4 Å². The molecule has 0 aliphatic carbocycles. The van der Waals surface area contributed by atoms with Crippen LogP contribution in [-0.4, -0.2) is 49.6 Å². The summed E-state index contributed by atoms with van der Waals surface area (Å²) in [5.74, 6) is 0.956. The van der Waals surface area contributed by atoms with Crippen LogP contribution in [0.1, 0.15) is 53.9 Å². The van der Waals surface area contributed by atoms with Crippen LogP contribution in [0.4, 0.5) is 0 Å². The first-order valence-corrected chi connectivity index (χ1v) is 7.95. The van der Waals surface area contributed by atoms with E-state index in [1.54, 1.807) is 0 Å². The SMILES string of the molecule is CCCCCNC(=NCC(C)N(CC)CC)NCC. The lowest BCUT2D eigenvalue weighted by molar-refractivity contribution is 0.237. The van der Waals surface area contributed by atoms with E-state index in [0.717, 1.165) is 38.7 Å². The normalized spacial score (nSPS) is 13.7. The Kier molecular flexibility index (Phi) is 11.8. The predicted octanol–water partition coefficient (Wildman–Crippen LogP) is 2.46. The van der Waals surface area contributed by atoms with Gasteiger partial charge in [0.15, 0.2) is 5.96 Å². The van der Waals surface area contributed by atoms with Crippen molar-refractivity contribution in [3.05, 3.63) is 0 Å². The van der Waals surface area contributed by atoms with Gasteiger partial charge in [0.05, 0.1) is 6.54 Å². The number of hydrogen-bond donors (Lipinski definition) is 2. The highest BCUT2D eigenvalue weighted by molar-refractivity contribution is 5.79. The second-order valence-electron chi connectivity index (χ2n) is 4.92. The van der Waals surface area contributed by atoms with E-state index < -0.39 is 0 Å². The summed E-state index contributed by atoms with van der Waals surface area (Å²) in [6.07, 6.45) is 3.75. The molecule has 114 valence electrons. The number of guanidine groups is 1. The van der Waals surface area contributed by atoms with Crippen LogP contribution in [-0.2, 0) is 0 Å². The maximum atomic E-state index is 4.68. The summed E-state index contributed by atoms with van der Waals surface area (Å²) in [5, 5.41) is 6.72. The van der Waals surface area contributed by atoms with Crippen LogP contribution in [0.5, 0.6) is 0 Å². The largest absolute Gasteiger partial charge is 0.357 e. The number of hydrogen-bond acceptors (Lipinski definition) is 2. The van der Waals surface area contributed by atoms with E-state index in [2.05, 4.69) is 55.1 Å². The second kappa shape index (κ2) is 12.3. The Morgan fingerprint density at radius 3 is 2.26 bits per heavy atom. The first kappa shape index (κ1) is 18.2. The molecule has 0 aromatic rings. The Hall–Kier alpha value is -0.770. The molecule has 0 aliphatic rings. The molecule has 0 aliphatic heterocycles. The smallest absolute Gasteiger partial charge is 0.191 e. The molecule has 19 heavy (non-hydrogen) atoms. The van der Waals surface area contributed by atoms with Gasteiger partial charge in [0.25, 0.3) is 0 Å². The standard InChI is InChI=1S/C15H34N4/c1-6-10-11-12-17-15(16-7-2)18-13-14(5)19(8-3)9-4/h14H,6-13H2,1-5H3,(H2,16,17,18). The first-order valence-electron chi connectivity index (χ1n) is 7.95. The highest BCUT2D eigenvalue weighted by Crippen LogP contribution is 1.98. The van der Waals surface area contributed by atoms with E-state index >= 15 is 0 Å². The summed E-state index contributed by atoms with van der Waals surface area (Å²) in [5.41, 5.74) is 0. The highest BCUT2D eigenvalue weighted by Gasteiger charge is 2.09. The van der Waals surface area contributed by atoms with Crippen molar-refractivity contribution >= 4 is 5.96 Å². The monoisotopic (exact) mass is 270 g/mol. The predicted molar refractivity (Wildman–Crippen MR) is 85.9 cm³/mol. The fraction of sp³-hybridized carbons (Fsp3) is 0.933. The maximum Gasteiger partial charge on any atom is 0.191 e. The number of nitrogens with zero attached hydrogens (tertiary/aromatic N) is 2. The molecular weight excluding hydrogens is 236 g/mol. The molecule has 1 atom stereocenters. The van der Waals surface area contributed by atoms with Crippen molar-refractivity contribution < 1.29 is 0 Å². The molecule has 0 rings (SSSR count). The van der Waals surface area contributed by atoms with E-state index in [9.17, 15) is 0 Å². The number of rotatable bonds is 10. The highest BCUT2D eigenvalue weighted by atomic mass is 15.2. The zero-order valence-corrected chi connectivity index (χ0v) is 13.6. The molecule has 0 aromatic carbocycles. The molecular formula is C15H34N4. The van der Waals surface area contributed by atoms with Crippen LogP contribution in [0, 0.1) is 0 Å². The lowest BCUT2D eigenvalue weighted by atomic mass is 10.2. The van der Waals surface area contributed by atoms with Gasteiger partial charge in [-0.15, -0.1) is 0 Å². The Morgan fingerprint density at radius 1 is 1.05 bits per heavy atom. The molecule has 1 unspecified atom stereocenters. The lowest BCUT2D eigenvalue weighted by Crippen LogP contribution is -2.40. The Balaban J connectivity index is 4.16. The summed E-state index contributed by atoms with van der Waals surface area (Å²) in [7, 11) is 0. The quantitative estimate of drug-likeness (QED) is 0.364. The minimum atomic E-state index is 0.501. The second-order valence-corrected chi connectivity index (χ2v) is 4.92. The van der Waals surface area contributed by atoms with E-state index in [1.165, 1.54) is 19.3 Å². The lowest BCUT2D eigenvalue weighted by Gasteiger charge is -2.25. The summed E-state index contributed by atoms with van der Waals surface area (Å²) in [4.78, 5) is 7.12. The fourth-order valence-electron chi connectivity index (χ4n) is 2.11. The van der Waals surface area contributed by atoms with Crippen molar-refractivity contribution in [3.8, 4) is 0 Å². The minimum Gasteiger partial charge on any atom is -0.357 e. The average molecular weight is 270 g/mol. The molecule has 2 N–H and O–H groups in total. The summed E-state index contributed by atoms with van der Waals surface area (Å²) in [6, 6.07) is 0.501. The minimum absolute atomic E-state index is 0.501. The van der Waals surface area contributed by atoms with Gasteiger partial charge >= 0.3 is 0 Å². The molecule has 0 bridgehead atoms. The third-order valence-electron chi connectivity index (χ3n) is 3.37. The Bertz CT molecular complexity index is 224. The molecule has 0 heterocycles. The zero-order chi connectivity index (χ0) is 14.5.